The summed E-state index contributed by atoms with van der Waals surface area (Å²) >= 11 is 0. The highest BCUT2D eigenvalue weighted by Crippen LogP contribution is 2.61. The van der Waals surface area contributed by atoms with E-state index in [4.69, 9.17) is 9.47 Å². The fourth-order valence-electron chi connectivity index (χ4n) is 10.3. The third kappa shape index (κ3) is 5.52. The molecule has 2 N–H and O–H groups in total. The van der Waals surface area contributed by atoms with Crippen LogP contribution in [-0.4, -0.2) is 61.6 Å². The van der Waals surface area contributed by atoms with E-state index in [0.29, 0.717) is 47.0 Å². The van der Waals surface area contributed by atoms with Crippen LogP contribution in [0.5, 0.6) is 0 Å². The van der Waals surface area contributed by atoms with Crippen molar-refractivity contribution in [1.82, 2.24) is 10.6 Å². The van der Waals surface area contributed by atoms with E-state index < -0.39 is 24.0 Å². The average molecular weight is 593 g/mol. The van der Waals surface area contributed by atoms with Crippen molar-refractivity contribution in [3.05, 3.63) is 0 Å². The van der Waals surface area contributed by atoms with Crippen LogP contribution in [-0.2, 0) is 28.7 Å². The molecule has 10 heteroatoms. The molecule has 8 rings (SSSR count). The lowest BCUT2D eigenvalue weighted by molar-refractivity contribution is -0.152. The van der Waals surface area contributed by atoms with E-state index in [-0.39, 0.29) is 22.6 Å². The number of carbonyl (C=O) groups excluding carboxylic acids is 4. The average Bonchev–Trinajstić information content (AvgIpc) is 2.91. The van der Waals surface area contributed by atoms with E-state index >= 15 is 0 Å². The van der Waals surface area contributed by atoms with E-state index in [9.17, 15) is 19.2 Å². The van der Waals surface area contributed by atoms with Crippen LogP contribution in [0, 0.1) is 46.3 Å². The second kappa shape index (κ2) is 11.3. The predicted octanol–water partition coefficient (Wildman–Crippen LogP) is 4.12. The quantitative estimate of drug-likeness (QED) is 0.210. The fraction of sp³-hybridized carbons (Fsp3) is 0.867. The Hall–Kier alpha value is -1.42. The number of hydrogen-bond donors (Lipinski definition) is 2. The maximum atomic E-state index is 13.5. The Morgan fingerprint density at radius 3 is 1.12 bits per heavy atom. The third-order valence-electron chi connectivity index (χ3n) is 11.2. The lowest BCUT2D eigenvalue weighted by Crippen LogP contribution is -2.57. The molecule has 8 saturated carbocycles. The summed E-state index contributed by atoms with van der Waals surface area (Å²) in [6.45, 7) is 0. The molecule has 8 aliphatic rings. The van der Waals surface area contributed by atoms with E-state index in [0.717, 1.165) is 38.5 Å². The van der Waals surface area contributed by atoms with Crippen molar-refractivity contribution in [3.63, 3.8) is 0 Å². The van der Waals surface area contributed by atoms with Crippen molar-refractivity contribution in [3.8, 4) is 0 Å². The van der Waals surface area contributed by atoms with E-state index in [2.05, 4.69) is 10.6 Å². The zero-order chi connectivity index (χ0) is 28.1. The monoisotopic (exact) mass is 592 g/mol. The molecule has 222 valence electrons. The van der Waals surface area contributed by atoms with Crippen LogP contribution in [0.3, 0.4) is 0 Å². The molecule has 0 radical (unpaired) electrons. The SMILES string of the molecule is COC(=O)C(CSSCC(NC(=O)C12CC3CC(CC(C3)C1)C2)C(=O)OC)NC(=O)C12CC3CC(CC(C3)C1)C2. The molecule has 2 atom stereocenters. The second-order valence-electron chi connectivity index (χ2n) is 14.1. The summed E-state index contributed by atoms with van der Waals surface area (Å²) in [5, 5.41) is 6.09. The van der Waals surface area contributed by atoms with Gasteiger partial charge in [0.1, 0.15) is 12.1 Å². The molecule has 8 nitrogen and oxygen atoms in total. The molecule has 2 amide bonds. The van der Waals surface area contributed by atoms with Crippen molar-refractivity contribution in [2.45, 2.75) is 89.1 Å². The third-order valence-corrected chi connectivity index (χ3v) is 13.6. The van der Waals surface area contributed by atoms with Gasteiger partial charge in [-0.1, -0.05) is 21.6 Å². The Kier molecular flexibility index (Phi) is 8.14. The summed E-state index contributed by atoms with van der Waals surface area (Å²) < 4.78 is 10.1. The van der Waals surface area contributed by atoms with Crippen LogP contribution in [0.25, 0.3) is 0 Å². The second-order valence-corrected chi connectivity index (χ2v) is 16.6. The van der Waals surface area contributed by atoms with E-state index in [1.165, 1.54) is 74.3 Å². The first kappa shape index (κ1) is 28.7. The molecular formula is C30H44N2O6S2. The van der Waals surface area contributed by atoms with Gasteiger partial charge in [0.05, 0.1) is 14.2 Å². The Morgan fingerprint density at radius 1 is 0.600 bits per heavy atom. The Bertz CT molecular complexity index is 883. The first-order valence-corrected chi connectivity index (χ1v) is 17.7. The molecule has 0 spiro atoms. The van der Waals surface area contributed by atoms with E-state index in [1.54, 1.807) is 0 Å². The number of esters is 2. The number of rotatable bonds is 11. The van der Waals surface area contributed by atoms with Crippen molar-refractivity contribution in [2.75, 3.05) is 25.7 Å². The smallest absolute Gasteiger partial charge is 0.329 e. The molecule has 0 heterocycles. The van der Waals surface area contributed by atoms with Gasteiger partial charge in [-0.25, -0.2) is 9.59 Å². The molecule has 0 aliphatic heterocycles. The number of nitrogens with one attached hydrogen (secondary N) is 2. The van der Waals surface area contributed by atoms with Crippen molar-refractivity contribution >= 4 is 45.3 Å². The summed E-state index contributed by atoms with van der Waals surface area (Å²) in [6, 6.07) is -1.50. The Balaban J connectivity index is 1.02. The predicted molar refractivity (Wildman–Crippen MR) is 154 cm³/mol. The van der Waals surface area contributed by atoms with Gasteiger partial charge in [-0.15, -0.1) is 0 Å². The topological polar surface area (TPSA) is 111 Å². The van der Waals surface area contributed by atoms with Crippen LogP contribution >= 0.6 is 21.6 Å². The minimum atomic E-state index is -0.749. The maximum Gasteiger partial charge on any atom is 0.329 e. The summed E-state index contributed by atoms with van der Waals surface area (Å²) in [5.74, 6) is 3.60. The number of carbonyl (C=O) groups is 4. The molecule has 0 aromatic rings. The minimum absolute atomic E-state index is 0.00266. The van der Waals surface area contributed by atoms with Crippen LogP contribution in [0.4, 0.5) is 0 Å². The van der Waals surface area contributed by atoms with Gasteiger partial charge >= 0.3 is 11.9 Å². The van der Waals surface area contributed by atoms with Gasteiger partial charge < -0.3 is 20.1 Å². The normalized spacial score (nSPS) is 39.9. The highest BCUT2D eigenvalue weighted by molar-refractivity contribution is 8.76. The Labute approximate surface area is 245 Å². The molecule has 0 saturated heterocycles. The molecule has 0 aromatic heterocycles. The largest absolute Gasteiger partial charge is 0.467 e. The van der Waals surface area contributed by atoms with E-state index in [1.807, 2.05) is 0 Å². The zero-order valence-corrected chi connectivity index (χ0v) is 25.4. The molecule has 2 unspecified atom stereocenters. The van der Waals surface area contributed by atoms with Crippen LogP contribution < -0.4 is 10.6 Å². The molecule has 8 fully saturated rings. The standard InChI is InChI=1S/C30H44N2O6S2/c1-37-25(33)23(31-27(35)29-9-17-3-18(10-29)5-19(4-17)11-29)15-39-40-16-24(26(34)38-2)32-28(36)30-12-20-6-21(13-30)8-22(7-20)14-30/h17-24H,3-16H2,1-2H3,(H,31,35)(H,32,36). The lowest BCUT2D eigenvalue weighted by atomic mass is 9.49. The summed E-state index contributed by atoms with van der Waals surface area (Å²) in [7, 11) is 5.51. The molecule has 8 aliphatic carbocycles. The number of amides is 2. The van der Waals surface area contributed by atoms with Crippen LogP contribution in [0.2, 0.25) is 0 Å². The van der Waals surface area contributed by atoms with Gasteiger partial charge in [0.15, 0.2) is 0 Å². The van der Waals surface area contributed by atoms with Crippen molar-refractivity contribution in [1.29, 1.82) is 0 Å². The first-order chi connectivity index (χ1) is 19.2. The molecule has 8 bridgehead atoms. The highest BCUT2D eigenvalue weighted by atomic mass is 33.1. The highest BCUT2D eigenvalue weighted by Gasteiger charge is 2.56. The lowest BCUT2D eigenvalue weighted by Gasteiger charge is -2.55. The van der Waals surface area contributed by atoms with Crippen LogP contribution in [0.1, 0.15) is 77.0 Å². The summed E-state index contributed by atoms with van der Waals surface area (Å²) in [4.78, 5) is 52.3. The molecular weight excluding hydrogens is 548 g/mol. The maximum absolute atomic E-state index is 13.5. The van der Waals surface area contributed by atoms with Gasteiger partial charge in [0.2, 0.25) is 11.8 Å². The molecule has 40 heavy (non-hydrogen) atoms. The molecule has 0 aromatic carbocycles. The van der Waals surface area contributed by atoms with Crippen molar-refractivity contribution < 1.29 is 28.7 Å². The summed E-state index contributed by atoms with van der Waals surface area (Å²) in [5.41, 5.74) is -0.674. The number of ether oxygens (including phenoxy) is 2. The van der Waals surface area contributed by atoms with Gasteiger partial charge in [-0.2, -0.15) is 0 Å². The minimum Gasteiger partial charge on any atom is -0.467 e. The zero-order valence-electron chi connectivity index (χ0n) is 23.8. The van der Waals surface area contributed by atoms with Crippen LogP contribution in [0.15, 0.2) is 0 Å². The number of hydrogen-bond acceptors (Lipinski definition) is 8. The van der Waals surface area contributed by atoms with Gasteiger partial charge in [0.25, 0.3) is 0 Å². The number of methoxy groups -OCH3 is 2. The Morgan fingerprint density at radius 2 is 0.875 bits per heavy atom. The van der Waals surface area contributed by atoms with Gasteiger partial charge in [-0.05, 0) is 113 Å². The van der Waals surface area contributed by atoms with Crippen molar-refractivity contribution in [2.24, 2.45) is 46.3 Å². The fourth-order valence-corrected chi connectivity index (χ4v) is 12.6. The first-order valence-electron chi connectivity index (χ1n) is 15.2. The van der Waals surface area contributed by atoms with Gasteiger partial charge in [-0.3, -0.25) is 9.59 Å². The van der Waals surface area contributed by atoms with Gasteiger partial charge in [0, 0.05) is 22.3 Å². The summed E-state index contributed by atoms with van der Waals surface area (Å²) in [6.07, 6.45) is 13.1.